The van der Waals surface area contributed by atoms with Crippen LogP contribution in [-0.4, -0.2) is 34.0 Å². The molecule has 0 aliphatic carbocycles. The van der Waals surface area contributed by atoms with Crippen LogP contribution >= 0.6 is 11.3 Å². The Bertz CT molecular complexity index is 1510. The van der Waals surface area contributed by atoms with E-state index >= 15 is 0 Å². The number of aromatic hydroxyl groups is 1. The second kappa shape index (κ2) is 9.31. The molecule has 5 rings (SSSR count). The van der Waals surface area contributed by atoms with Crippen LogP contribution in [0.25, 0.3) is 10.6 Å². The van der Waals surface area contributed by atoms with Crippen molar-refractivity contribution in [2.75, 3.05) is 12.0 Å². The van der Waals surface area contributed by atoms with Gasteiger partial charge in [-0.25, -0.2) is 4.98 Å². The lowest BCUT2D eigenvalue weighted by molar-refractivity contribution is -0.117. The Balaban J connectivity index is 1.66. The summed E-state index contributed by atoms with van der Waals surface area (Å²) in [4.78, 5) is 33.4. The minimum Gasteiger partial charge on any atom is -0.506 e. The fourth-order valence-corrected chi connectivity index (χ4v) is 5.34. The van der Waals surface area contributed by atoms with Crippen LogP contribution in [0.2, 0.25) is 0 Å². The Morgan fingerprint density at radius 2 is 1.72 bits per heavy atom. The third-order valence-corrected chi connectivity index (χ3v) is 7.23. The first-order chi connectivity index (χ1) is 17.4. The van der Waals surface area contributed by atoms with E-state index in [2.05, 4.69) is 4.98 Å². The summed E-state index contributed by atoms with van der Waals surface area (Å²) in [6.45, 7) is 1.73. The summed E-state index contributed by atoms with van der Waals surface area (Å²) in [7, 11) is 1.52. The topological polar surface area (TPSA) is 100.0 Å². The van der Waals surface area contributed by atoms with E-state index in [0.717, 1.165) is 5.56 Å². The first-order valence-electron chi connectivity index (χ1n) is 11.2. The number of ketones is 1. The Morgan fingerprint density at radius 3 is 2.44 bits per heavy atom. The van der Waals surface area contributed by atoms with Crippen LogP contribution in [0, 0.1) is 6.92 Å². The molecule has 0 fully saturated rings. The molecule has 2 heterocycles. The third-order valence-electron chi connectivity index (χ3n) is 6.03. The molecule has 180 valence electrons. The van der Waals surface area contributed by atoms with Crippen molar-refractivity contribution in [3.8, 4) is 22.1 Å². The van der Waals surface area contributed by atoms with E-state index in [0.29, 0.717) is 26.9 Å². The number of nitrogens with zero attached hydrogens (tertiary/aromatic N) is 2. The van der Waals surface area contributed by atoms with Gasteiger partial charge in [0.15, 0.2) is 5.76 Å². The number of carbonyl (C=O) groups is 2. The molecule has 0 saturated heterocycles. The molecular weight excluding hydrogens is 476 g/mol. The maximum absolute atomic E-state index is 13.9. The number of aliphatic hydroxyl groups is 1. The maximum atomic E-state index is 13.9. The lowest BCUT2D eigenvalue weighted by Crippen LogP contribution is -2.31. The van der Waals surface area contributed by atoms with Gasteiger partial charge in [-0.2, -0.15) is 0 Å². The number of rotatable bonds is 6. The molecule has 1 aliphatic heterocycles. The van der Waals surface area contributed by atoms with Crippen molar-refractivity contribution >= 4 is 28.7 Å². The lowest BCUT2D eigenvalue weighted by atomic mass is 9.94. The molecule has 1 amide bonds. The summed E-state index contributed by atoms with van der Waals surface area (Å²) < 4.78 is 5.36. The molecule has 7 nitrogen and oxygen atoms in total. The minimum atomic E-state index is -0.991. The summed E-state index contributed by atoms with van der Waals surface area (Å²) in [6.07, 6.45) is 0. The molecule has 3 aromatic carbocycles. The summed E-state index contributed by atoms with van der Waals surface area (Å²) in [6, 6.07) is 21.7. The zero-order chi connectivity index (χ0) is 25.4. The quantitative estimate of drug-likeness (QED) is 0.335. The zero-order valence-electron chi connectivity index (χ0n) is 19.5. The summed E-state index contributed by atoms with van der Waals surface area (Å²) >= 11 is 1.21. The highest BCUT2D eigenvalue weighted by atomic mass is 32.1. The van der Waals surface area contributed by atoms with Gasteiger partial charge in [0.2, 0.25) is 5.78 Å². The Morgan fingerprint density at radius 1 is 1.00 bits per heavy atom. The van der Waals surface area contributed by atoms with E-state index in [1.165, 1.54) is 29.4 Å². The molecule has 1 unspecified atom stereocenters. The third kappa shape index (κ3) is 3.91. The fraction of sp³-hybridized carbons (Fsp3) is 0.107. The summed E-state index contributed by atoms with van der Waals surface area (Å²) in [5.74, 6) is -1.57. The predicted octanol–water partition coefficient (Wildman–Crippen LogP) is 5.62. The number of hydrogen-bond acceptors (Lipinski definition) is 7. The van der Waals surface area contributed by atoms with Gasteiger partial charge in [0, 0.05) is 5.56 Å². The van der Waals surface area contributed by atoms with E-state index < -0.39 is 23.5 Å². The molecule has 0 saturated carbocycles. The van der Waals surface area contributed by atoms with Crippen LogP contribution in [0.15, 0.2) is 90.2 Å². The van der Waals surface area contributed by atoms with E-state index in [1.807, 2.05) is 30.3 Å². The molecule has 36 heavy (non-hydrogen) atoms. The van der Waals surface area contributed by atoms with Crippen LogP contribution < -0.4 is 9.64 Å². The molecule has 0 spiro atoms. The number of aryl methyl sites for hydroxylation is 1. The number of phenols is 1. The van der Waals surface area contributed by atoms with Crippen molar-refractivity contribution in [2.45, 2.75) is 13.0 Å². The van der Waals surface area contributed by atoms with Crippen molar-refractivity contribution in [1.29, 1.82) is 0 Å². The molecule has 1 atom stereocenters. The number of methoxy groups -OCH3 is 1. The van der Waals surface area contributed by atoms with Gasteiger partial charge in [-0.15, -0.1) is 11.3 Å². The number of carbonyl (C=O) groups excluding carboxylic acids is 2. The Kier molecular flexibility index (Phi) is 6.03. The van der Waals surface area contributed by atoms with Gasteiger partial charge in [-0.3, -0.25) is 14.5 Å². The zero-order valence-corrected chi connectivity index (χ0v) is 20.3. The second-order valence-electron chi connectivity index (χ2n) is 8.23. The number of aromatic nitrogens is 1. The van der Waals surface area contributed by atoms with Crippen molar-refractivity contribution in [1.82, 2.24) is 4.98 Å². The van der Waals surface area contributed by atoms with E-state index in [-0.39, 0.29) is 17.0 Å². The van der Waals surface area contributed by atoms with Crippen LogP contribution in [0.1, 0.15) is 27.0 Å². The monoisotopic (exact) mass is 498 g/mol. The fourth-order valence-electron chi connectivity index (χ4n) is 4.31. The van der Waals surface area contributed by atoms with E-state index in [4.69, 9.17) is 4.74 Å². The van der Waals surface area contributed by atoms with Crippen molar-refractivity contribution in [3.63, 3.8) is 0 Å². The van der Waals surface area contributed by atoms with Gasteiger partial charge in [0.05, 0.1) is 35.0 Å². The minimum absolute atomic E-state index is 0.0807. The van der Waals surface area contributed by atoms with Gasteiger partial charge in [-0.1, -0.05) is 54.6 Å². The summed E-state index contributed by atoms with van der Waals surface area (Å²) in [5.41, 5.74) is 2.01. The van der Waals surface area contributed by atoms with E-state index in [9.17, 15) is 19.8 Å². The van der Waals surface area contributed by atoms with E-state index in [1.54, 1.807) is 49.4 Å². The number of amides is 1. The van der Waals surface area contributed by atoms with Gasteiger partial charge in [0.25, 0.3) is 5.91 Å². The largest absolute Gasteiger partial charge is 0.506 e. The molecule has 4 aromatic rings. The molecule has 0 radical (unpaired) electrons. The normalized spacial score (nSPS) is 15.4. The van der Waals surface area contributed by atoms with Crippen LogP contribution in [0.3, 0.4) is 0 Å². The predicted molar refractivity (Wildman–Crippen MR) is 138 cm³/mol. The second-order valence-corrected chi connectivity index (χ2v) is 9.23. The molecule has 0 bridgehead atoms. The molecule has 1 aromatic heterocycles. The van der Waals surface area contributed by atoms with Crippen molar-refractivity contribution in [3.05, 3.63) is 106 Å². The van der Waals surface area contributed by atoms with Gasteiger partial charge in [-0.05, 0) is 36.8 Å². The number of Topliss-reactive ketones (excluding diaryl/α,β-unsaturated/α-hetero) is 1. The number of ether oxygens (including phenoxy) is 1. The first-order valence-corrected chi connectivity index (χ1v) is 12.0. The molecule has 8 heteroatoms. The van der Waals surface area contributed by atoms with Crippen LogP contribution in [0.4, 0.5) is 5.69 Å². The van der Waals surface area contributed by atoms with Crippen molar-refractivity contribution in [2.24, 2.45) is 0 Å². The number of aliphatic hydroxyl groups excluding tert-OH is 1. The van der Waals surface area contributed by atoms with Gasteiger partial charge < -0.3 is 14.9 Å². The standard InChI is InChI=1S/C28H22N2O5S/c1-16-26(36-27(29-16)17-9-4-3-5-10-17)24(32)22-23(18-11-8-12-19(15-18)35-2)30(28(34)25(22)33)20-13-6-7-14-21(20)31/h3-15,23,31,33H,1-2H3. The SMILES string of the molecule is COc1cccc(C2C(C(=O)c3sc(-c4ccccc4)nc3C)=C(O)C(=O)N2c2ccccc2O)c1. The number of benzene rings is 3. The highest BCUT2D eigenvalue weighted by molar-refractivity contribution is 7.17. The number of phenolic OH excluding ortho intramolecular Hbond substituents is 1. The number of thiazole rings is 1. The Labute approximate surface area is 211 Å². The molecule has 2 N–H and O–H groups in total. The average Bonchev–Trinajstić information content (AvgIpc) is 3.42. The Hall–Kier alpha value is -4.43. The highest BCUT2D eigenvalue weighted by Crippen LogP contribution is 2.45. The highest BCUT2D eigenvalue weighted by Gasteiger charge is 2.46. The molecule has 1 aliphatic rings. The van der Waals surface area contributed by atoms with Crippen molar-refractivity contribution < 1.29 is 24.5 Å². The van der Waals surface area contributed by atoms with Gasteiger partial charge in [0.1, 0.15) is 16.5 Å². The number of anilines is 1. The van der Waals surface area contributed by atoms with Crippen LogP contribution in [0.5, 0.6) is 11.5 Å². The van der Waals surface area contributed by atoms with Gasteiger partial charge >= 0.3 is 0 Å². The number of para-hydroxylation sites is 2. The average molecular weight is 499 g/mol. The lowest BCUT2D eigenvalue weighted by Gasteiger charge is -2.27. The smallest absolute Gasteiger partial charge is 0.294 e. The summed E-state index contributed by atoms with van der Waals surface area (Å²) in [5, 5.41) is 22.2. The van der Waals surface area contributed by atoms with Crippen LogP contribution in [-0.2, 0) is 4.79 Å². The maximum Gasteiger partial charge on any atom is 0.294 e. The number of hydrogen-bond donors (Lipinski definition) is 2. The molecular formula is C28H22N2O5S. The first kappa shape index (κ1) is 23.3.